The number of unbranched alkanes of at least 4 members (excludes halogenated alkanes) is 1. The van der Waals surface area contributed by atoms with Gasteiger partial charge < -0.3 is 4.57 Å². The molecule has 0 aromatic carbocycles. The maximum Gasteiger partial charge on any atom is 0.122 e. The zero-order valence-electron chi connectivity index (χ0n) is 13.9. The van der Waals surface area contributed by atoms with Crippen molar-refractivity contribution in [3.8, 4) is 6.07 Å². The molecule has 1 aromatic rings. The zero-order chi connectivity index (χ0) is 15.7. The van der Waals surface area contributed by atoms with Crippen molar-refractivity contribution in [2.45, 2.75) is 51.6 Å². The molecule has 0 bridgehead atoms. The number of hydrogen-bond donors (Lipinski definition) is 1. The summed E-state index contributed by atoms with van der Waals surface area (Å²) in [4.78, 5) is 6.62. The molecule has 0 amide bonds. The monoisotopic (exact) mass is 291 g/mol. The van der Waals surface area contributed by atoms with E-state index in [-0.39, 0.29) is 5.54 Å². The maximum absolute atomic E-state index is 9.29. The van der Waals surface area contributed by atoms with Gasteiger partial charge in [-0.2, -0.15) is 5.26 Å². The molecule has 0 saturated heterocycles. The Morgan fingerprint density at radius 1 is 1.48 bits per heavy atom. The molecule has 21 heavy (non-hydrogen) atoms. The average Bonchev–Trinajstić information content (AvgIpc) is 2.87. The Morgan fingerprint density at radius 3 is 2.81 bits per heavy atom. The molecular weight excluding hydrogens is 262 g/mol. The number of nitrogens with one attached hydrogen (secondary N) is 1. The van der Waals surface area contributed by atoms with Crippen LogP contribution in [0.15, 0.2) is 12.4 Å². The molecule has 1 atom stereocenters. The van der Waals surface area contributed by atoms with Gasteiger partial charge in [0.05, 0.1) is 12.6 Å². The lowest BCUT2D eigenvalue weighted by molar-refractivity contribution is 0.298. The van der Waals surface area contributed by atoms with Gasteiger partial charge >= 0.3 is 0 Å². The molecule has 1 heterocycles. The average molecular weight is 291 g/mol. The van der Waals surface area contributed by atoms with Crippen LogP contribution >= 0.6 is 0 Å². The van der Waals surface area contributed by atoms with Crippen molar-refractivity contribution in [1.82, 2.24) is 19.8 Å². The highest BCUT2D eigenvalue weighted by atomic mass is 15.1. The lowest BCUT2D eigenvalue weighted by atomic mass is 9.96. The van der Waals surface area contributed by atoms with E-state index in [4.69, 9.17) is 0 Å². The van der Waals surface area contributed by atoms with Crippen LogP contribution in [-0.4, -0.2) is 40.1 Å². The van der Waals surface area contributed by atoms with Gasteiger partial charge in [-0.15, -0.1) is 0 Å². The van der Waals surface area contributed by atoms with E-state index in [0.29, 0.717) is 0 Å². The molecule has 5 nitrogen and oxygen atoms in total. The van der Waals surface area contributed by atoms with Gasteiger partial charge in [-0.25, -0.2) is 4.98 Å². The summed E-state index contributed by atoms with van der Waals surface area (Å²) in [5.41, 5.74) is -0.381. The summed E-state index contributed by atoms with van der Waals surface area (Å²) in [6.07, 6.45) is 7.93. The topological polar surface area (TPSA) is 56.9 Å². The fourth-order valence-electron chi connectivity index (χ4n) is 2.31. The van der Waals surface area contributed by atoms with Gasteiger partial charge in [0.2, 0.25) is 0 Å². The molecule has 0 aliphatic rings. The van der Waals surface area contributed by atoms with E-state index in [9.17, 15) is 5.26 Å². The van der Waals surface area contributed by atoms with Gasteiger partial charge in [0.15, 0.2) is 0 Å². The molecule has 5 heteroatoms. The van der Waals surface area contributed by atoms with Crippen molar-refractivity contribution in [3.05, 3.63) is 18.2 Å². The Balaban J connectivity index is 2.24. The van der Waals surface area contributed by atoms with Crippen LogP contribution in [0.25, 0.3) is 0 Å². The lowest BCUT2D eigenvalue weighted by Gasteiger charge is -2.23. The van der Waals surface area contributed by atoms with Gasteiger partial charge in [0.1, 0.15) is 11.4 Å². The maximum atomic E-state index is 9.29. The second-order valence-electron chi connectivity index (χ2n) is 6.02. The molecule has 0 radical (unpaired) electrons. The summed E-state index contributed by atoms with van der Waals surface area (Å²) in [7, 11) is 4.14. The van der Waals surface area contributed by atoms with Gasteiger partial charge in [-0.05, 0) is 52.7 Å². The molecule has 0 spiro atoms. The Hall–Kier alpha value is -1.38. The van der Waals surface area contributed by atoms with E-state index >= 15 is 0 Å². The molecule has 0 saturated carbocycles. The number of hydrogen-bond acceptors (Lipinski definition) is 4. The van der Waals surface area contributed by atoms with Crippen molar-refractivity contribution in [2.75, 3.05) is 20.1 Å². The summed E-state index contributed by atoms with van der Waals surface area (Å²) in [6.45, 7) is 6.93. The second-order valence-corrected chi connectivity index (χ2v) is 6.02. The van der Waals surface area contributed by atoms with E-state index in [1.54, 1.807) is 0 Å². The number of aryl methyl sites for hydroxylation is 1. The molecule has 0 fully saturated rings. The van der Waals surface area contributed by atoms with E-state index in [0.717, 1.165) is 51.1 Å². The van der Waals surface area contributed by atoms with Crippen LogP contribution in [0.1, 0.15) is 45.4 Å². The minimum atomic E-state index is -0.381. The van der Waals surface area contributed by atoms with Gasteiger partial charge in [0, 0.05) is 19.4 Å². The molecule has 1 N–H and O–H groups in total. The highest BCUT2D eigenvalue weighted by Gasteiger charge is 2.21. The van der Waals surface area contributed by atoms with Crippen molar-refractivity contribution in [2.24, 2.45) is 7.05 Å². The first-order chi connectivity index (χ1) is 10.0. The summed E-state index contributed by atoms with van der Waals surface area (Å²) in [5, 5.41) is 12.6. The van der Waals surface area contributed by atoms with Crippen LogP contribution in [0.4, 0.5) is 0 Å². The number of nitriles is 1. The molecule has 0 aliphatic carbocycles. The zero-order valence-corrected chi connectivity index (χ0v) is 13.9. The lowest BCUT2D eigenvalue weighted by Crippen LogP contribution is -2.41. The van der Waals surface area contributed by atoms with Crippen LogP contribution in [0.2, 0.25) is 0 Å². The SMILES string of the molecule is CCCNC(C)(C#N)CCCCN(C)Cc1nccn1C. The number of imidazole rings is 1. The Morgan fingerprint density at radius 2 is 2.24 bits per heavy atom. The van der Waals surface area contributed by atoms with Gasteiger partial charge in [-0.1, -0.05) is 6.92 Å². The first-order valence-corrected chi connectivity index (χ1v) is 7.82. The standard InChI is InChI=1S/C16H29N5/c1-5-9-19-16(2,14-17)8-6-7-11-20(3)13-15-18-10-12-21(15)4/h10,12,19H,5-9,11,13H2,1-4H3. The summed E-state index contributed by atoms with van der Waals surface area (Å²) in [5.74, 6) is 1.09. The van der Waals surface area contributed by atoms with E-state index < -0.39 is 0 Å². The van der Waals surface area contributed by atoms with Crippen molar-refractivity contribution < 1.29 is 0 Å². The van der Waals surface area contributed by atoms with Crippen LogP contribution in [-0.2, 0) is 13.6 Å². The first kappa shape index (κ1) is 17.7. The summed E-state index contributed by atoms with van der Waals surface area (Å²) < 4.78 is 2.05. The third kappa shape index (κ3) is 6.28. The van der Waals surface area contributed by atoms with E-state index in [1.165, 1.54) is 0 Å². The minimum Gasteiger partial charge on any atom is -0.337 e. The Kier molecular flexibility index (Phi) is 7.41. The summed E-state index contributed by atoms with van der Waals surface area (Å²) in [6, 6.07) is 2.41. The number of aromatic nitrogens is 2. The molecule has 118 valence electrons. The van der Waals surface area contributed by atoms with Crippen LogP contribution in [0.5, 0.6) is 0 Å². The van der Waals surface area contributed by atoms with E-state index in [1.807, 2.05) is 26.4 Å². The second kappa shape index (κ2) is 8.81. The van der Waals surface area contributed by atoms with Gasteiger partial charge in [-0.3, -0.25) is 10.2 Å². The predicted molar refractivity (Wildman–Crippen MR) is 85.7 cm³/mol. The third-order valence-electron chi connectivity index (χ3n) is 3.81. The first-order valence-electron chi connectivity index (χ1n) is 7.82. The fraction of sp³-hybridized carbons (Fsp3) is 0.750. The molecule has 1 rings (SSSR count). The Labute approximate surface area is 129 Å². The fourth-order valence-corrected chi connectivity index (χ4v) is 2.31. The molecule has 0 aliphatic heterocycles. The quantitative estimate of drug-likeness (QED) is 0.672. The molecular formula is C16H29N5. The molecule has 1 unspecified atom stereocenters. The normalized spacial score (nSPS) is 14.1. The number of nitrogens with zero attached hydrogens (tertiary/aromatic N) is 4. The third-order valence-corrected chi connectivity index (χ3v) is 3.81. The van der Waals surface area contributed by atoms with Crippen molar-refractivity contribution in [3.63, 3.8) is 0 Å². The van der Waals surface area contributed by atoms with Crippen molar-refractivity contribution in [1.29, 1.82) is 5.26 Å². The van der Waals surface area contributed by atoms with Gasteiger partial charge in [0.25, 0.3) is 0 Å². The van der Waals surface area contributed by atoms with Crippen LogP contribution in [0, 0.1) is 11.3 Å². The predicted octanol–water partition coefficient (Wildman–Crippen LogP) is 2.30. The largest absolute Gasteiger partial charge is 0.337 e. The van der Waals surface area contributed by atoms with Crippen LogP contribution in [0.3, 0.4) is 0 Å². The summed E-state index contributed by atoms with van der Waals surface area (Å²) >= 11 is 0. The highest BCUT2D eigenvalue weighted by molar-refractivity contribution is 5.03. The molecule has 1 aromatic heterocycles. The van der Waals surface area contributed by atoms with Crippen molar-refractivity contribution >= 4 is 0 Å². The Bertz CT molecular complexity index is 448. The smallest absolute Gasteiger partial charge is 0.122 e. The van der Waals surface area contributed by atoms with Crippen LogP contribution < -0.4 is 5.32 Å². The van der Waals surface area contributed by atoms with E-state index in [2.05, 4.69) is 39.8 Å². The number of rotatable bonds is 10. The highest BCUT2D eigenvalue weighted by Crippen LogP contribution is 2.13. The minimum absolute atomic E-state index is 0.381.